The van der Waals surface area contributed by atoms with E-state index in [2.05, 4.69) is 44.8 Å². The van der Waals surface area contributed by atoms with Crippen LogP contribution in [0.5, 0.6) is 0 Å². The van der Waals surface area contributed by atoms with Crippen LogP contribution in [-0.2, 0) is 0 Å². The summed E-state index contributed by atoms with van der Waals surface area (Å²) in [5.41, 5.74) is 2.08. The molecular weight excluding hydrogens is 268 g/mol. The van der Waals surface area contributed by atoms with Crippen LogP contribution in [0.3, 0.4) is 0 Å². The second-order valence-electron chi connectivity index (χ2n) is 6.50. The average Bonchev–Trinajstić information content (AvgIpc) is 2.39. The van der Waals surface area contributed by atoms with Crippen molar-refractivity contribution in [3.05, 3.63) is 14.7 Å². The van der Waals surface area contributed by atoms with Gasteiger partial charge in [0.25, 0.3) is 0 Å². The molecule has 0 bridgehead atoms. The van der Waals surface area contributed by atoms with E-state index in [-0.39, 0.29) is 5.43 Å². The minimum Gasteiger partial charge on any atom is -0.380 e. The highest BCUT2D eigenvalue weighted by Crippen LogP contribution is 2.27. The van der Waals surface area contributed by atoms with E-state index in [1.807, 2.05) is 0 Å². The van der Waals surface area contributed by atoms with E-state index in [9.17, 15) is 4.79 Å². The van der Waals surface area contributed by atoms with E-state index in [1.165, 1.54) is 12.8 Å². The van der Waals surface area contributed by atoms with Gasteiger partial charge < -0.3 is 10.2 Å². The zero-order valence-electron chi connectivity index (χ0n) is 13.5. The summed E-state index contributed by atoms with van der Waals surface area (Å²) in [6.45, 7) is 13.6. The summed E-state index contributed by atoms with van der Waals surface area (Å²) in [7, 11) is 0. The first kappa shape index (κ1) is 17.2. The lowest BCUT2D eigenvalue weighted by Gasteiger charge is -2.26. The van der Waals surface area contributed by atoms with Crippen molar-refractivity contribution in [2.24, 2.45) is 5.41 Å². The van der Waals surface area contributed by atoms with Gasteiger partial charge in [0.1, 0.15) is 10.2 Å². The molecule has 0 radical (unpaired) electrons. The molecule has 0 aliphatic rings. The van der Waals surface area contributed by atoms with Crippen molar-refractivity contribution in [3.8, 4) is 0 Å². The van der Waals surface area contributed by atoms with Gasteiger partial charge in [0.15, 0.2) is 0 Å². The number of hydrogen-bond donors (Lipinski definition) is 1. The lowest BCUT2D eigenvalue weighted by molar-refractivity contribution is 0.362. The molecule has 1 rings (SSSR count). The molecule has 0 saturated heterocycles. The van der Waals surface area contributed by atoms with Crippen molar-refractivity contribution in [3.63, 3.8) is 0 Å². The van der Waals surface area contributed by atoms with E-state index in [0.717, 1.165) is 37.4 Å². The fourth-order valence-corrected chi connectivity index (χ4v) is 2.71. The van der Waals surface area contributed by atoms with Crippen molar-refractivity contribution in [2.75, 3.05) is 29.9 Å². The summed E-state index contributed by atoms with van der Waals surface area (Å²) >= 11 is 5.18. The van der Waals surface area contributed by atoms with E-state index >= 15 is 0 Å². The summed E-state index contributed by atoms with van der Waals surface area (Å²) in [5, 5.41) is 3.29. The predicted octanol–water partition coefficient (Wildman–Crippen LogP) is 4.13. The lowest BCUT2D eigenvalue weighted by atomic mass is 9.90. The van der Waals surface area contributed by atoms with Crippen LogP contribution in [0.25, 0.3) is 0 Å². The molecule has 3 nitrogen and oxygen atoms in total. The van der Waals surface area contributed by atoms with Crippen molar-refractivity contribution in [1.29, 1.82) is 0 Å². The lowest BCUT2D eigenvalue weighted by Crippen LogP contribution is -2.31. The minimum atomic E-state index is 0.0118. The molecule has 0 aliphatic carbocycles. The second-order valence-corrected chi connectivity index (χ2v) is 6.91. The van der Waals surface area contributed by atoms with Gasteiger partial charge in [-0.25, -0.2) is 0 Å². The highest BCUT2D eigenvalue weighted by atomic mass is 32.1. The number of nitrogens with one attached hydrogen (secondary N) is 1. The Balaban J connectivity index is 2.51. The first-order chi connectivity index (χ1) is 9.31. The van der Waals surface area contributed by atoms with Gasteiger partial charge >= 0.3 is 0 Å². The summed E-state index contributed by atoms with van der Waals surface area (Å²) in [5.74, 6) is 0. The van der Waals surface area contributed by atoms with Gasteiger partial charge in [-0.3, -0.25) is 4.79 Å². The number of rotatable bonds is 8. The third-order valence-electron chi connectivity index (χ3n) is 3.62. The average molecular weight is 296 g/mol. The number of nitrogens with zero attached hydrogens (tertiary/aromatic N) is 1. The van der Waals surface area contributed by atoms with E-state index < -0.39 is 0 Å². The Kier molecular flexibility index (Phi) is 6.18. The van der Waals surface area contributed by atoms with Gasteiger partial charge in [-0.1, -0.05) is 39.4 Å². The summed E-state index contributed by atoms with van der Waals surface area (Å²) in [6, 6.07) is 0. The molecule has 0 spiro atoms. The highest BCUT2D eigenvalue weighted by molar-refractivity contribution is 7.71. The fraction of sp³-hybridized carbons (Fsp3) is 0.750. The molecule has 1 aromatic rings. The van der Waals surface area contributed by atoms with Crippen molar-refractivity contribution in [1.82, 2.24) is 0 Å². The summed E-state index contributed by atoms with van der Waals surface area (Å²) < 4.78 is 0.492. The molecule has 0 aromatic heterocycles. The molecule has 0 saturated carbocycles. The second kappa shape index (κ2) is 7.21. The maximum Gasteiger partial charge on any atom is 0.223 e. The normalized spacial score (nSPS) is 11.8. The van der Waals surface area contributed by atoms with Crippen molar-refractivity contribution in [2.45, 2.75) is 53.9 Å². The third kappa shape index (κ3) is 4.30. The van der Waals surface area contributed by atoms with E-state index in [4.69, 9.17) is 12.2 Å². The SMILES string of the molecule is CCN(CC)c1c(NCCCCC(C)(C)C)c(=O)c1=S. The first-order valence-electron chi connectivity index (χ1n) is 7.64. The fourth-order valence-electron chi connectivity index (χ4n) is 2.38. The monoisotopic (exact) mass is 296 g/mol. The zero-order chi connectivity index (χ0) is 15.3. The highest BCUT2D eigenvalue weighted by Gasteiger charge is 2.21. The number of unbranched alkanes of at least 4 members (excludes halogenated alkanes) is 1. The third-order valence-corrected chi connectivity index (χ3v) is 4.00. The molecule has 0 fully saturated rings. The van der Waals surface area contributed by atoms with Gasteiger partial charge in [-0.05, 0) is 32.1 Å². The largest absolute Gasteiger partial charge is 0.380 e. The summed E-state index contributed by atoms with van der Waals surface area (Å²) in [6.07, 6.45) is 3.48. The van der Waals surface area contributed by atoms with Crippen molar-refractivity contribution >= 4 is 23.6 Å². The standard InChI is InChI=1S/C16H28N2OS/c1-6-18(7-2)13-12(14(19)15(13)20)17-11-9-8-10-16(3,4)5/h17H,6-11H2,1-5H3. The molecular formula is C16H28N2OS. The Bertz CT molecular complexity index is 491. The van der Waals surface area contributed by atoms with E-state index in [0.29, 0.717) is 9.93 Å². The molecule has 0 amide bonds. The van der Waals surface area contributed by atoms with Crippen molar-refractivity contribution < 1.29 is 0 Å². The Morgan fingerprint density at radius 3 is 2.25 bits per heavy atom. The van der Waals surface area contributed by atoms with Crippen LogP contribution in [0.4, 0.5) is 11.4 Å². The molecule has 1 aromatic carbocycles. The predicted molar refractivity (Wildman–Crippen MR) is 91.3 cm³/mol. The van der Waals surface area contributed by atoms with Gasteiger partial charge in [0.05, 0.1) is 5.69 Å². The molecule has 4 heteroatoms. The molecule has 0 aliphatic heterocycles. The Morgan fingerprint density at radius 2 is 1.75 bits per heavy atom. The molecule has 20 heavy (non-hydrogen) atoms. The van der Waals surface area contributed by atoms with Gasteiger partial charge in [-0.15, -0.1) is 0 Å². The van der Waals surface area contributed by atoms with Crippen LogP contribution in [-0.4, -0.2) is 19.6 Å². The van der Waals surface area contributed by atoms with Crippen LogP contribution in [0.2, 0.25) is 0 Å². The van der Waals surface area contributed by atoms with Gasteiger partial charge in [0, 0.05) is 19.6 Å². The Hall–Kier alpha value is -0.900. The van der Waals surface area contributed by atoms with Crippen LogP contribution in [0.15, 0.2) is 4.79 Å². The number of hydrogen-bond acceptors (Lipinski definition) is 4. The smallest absolute Gasteiger partial charge is 0.223 e. The van der Waals surface area contributed by atoms with Gasteiger partial charge in [0.2, 0.25) is 5.43 Å². The summed E-state index contributed by atoms with van der Waals surface area (Å²) in [4.78, 5) is 14.0. The number of anilines is 2. The molecule has 0 heterocycles. The van der Waals surface area contributed by atoms with Crippen LogP contribution in [0.1, 0.15) is 53.9 Å². The van der Waals surface area contributed by atoms with Crippen LogP contribution < -0.4 is 15.6 Å². The van der Waals surface area contributed by atoms with Gasteiger partial charge in [-0.2, -0.15) is 0 Å². The zero-order valence-corrected chi connectivity index (χ0v) is 14.3. The minimum absolute atomic E-state index is 0.0118. The maximum atomic E-state index is 11.8. The molecule has 114 valence electrons. The van der Waals surface area contributed by atoms with Crippen LogP contribution >= 0.6 is 12.2 Å². The topological polar surface area (TPSA) is 32.3 Å². The molecule has 1 N–H and O–H groups in total. The molecule has 0 unspecified atom stereocenters. The first-order valence-corrected chi connectivity index (χ1v) is 8.04. The van der Waals surface area contributed by atoms with Crippen LogP contribution in [0, 0.1) is 9.93 Å². The maximum absolute atomic E-state index is 11.8. The quantitative estimate of drug-likeness (QED) is 0.577. The van der Waals surface area contributed by atoms with E-state index in [1.54, 1.807) is 0 Å². The Morgan fingerprint density at radius 1 is 1.15 bits per heavy atom. The Labute approximate surface area is 128 Å². The molecule has 0 atom stereocenters.